The molecule has 7 nitrogen and oxygen atoms in total. The number of nitrogens with one attached hydrogen (secondary N) is 1. The van der Waals surface area contributed by atoms with E-state index in [1.54, 1.807) is 17.2 Å². The monoisotopic (exact) mass is 383 g/mol. The van der Waals surface area contributed by atoms with Crippen LogP contribution in [0.25, 0.3) is 0 Å². The molecule has 1 aliphatic rings. The Hall–Kier alpha value is -2.70. The maximum atomic E-state index is 12.2. The molecule has 3 rings (SSSR count). The van der Waals surface area contributed by atoms with E-state index >= 15 is 0 Å². The van der Waals surface area contributed by atoms with Crippen molar-refractivity contribution >= 4 is 17.9 Å². The van der Waals surface area contributed by atoms with E-state index in [-0.39, 0.29) is 29.5 Å². The summed E-state index contributed by atoms with van der Waals surface area (Å²) in [7, 11) is 0. The highest BCUT2D eigenvalue weighted by Crippen LogP contribution is 2.27. The number of hydrogen-bond donors (Lipinski definition) is 1. The maximum absolute atomic E-state index is 12.2. The number of carbonyl (C=O) groups is 1. The molecule has 7 heteroatoms. The lowest BCUT2D eigenvalue weighted by Gasteiger charge is -2.24. The number of aromatic nitrogens is 3. The van der Waals surface area contributed by atoms with Crippen LogP contribution >= 0.6 is 0 Å². The van der Waals surface area contributed by atoms with Crippen molar-refractivity contribution in [2.75, 3.05) is 16.8 Å². The van der Waals surface area contributed by atoms with Crippen molar-refractivity contribution in [3.63, 3.8) is 0 Å². The fourth-order valence-corrected chi connectivity index (χ4v) is 3.13. The molecular formula is C21H29N5O2. The van der Waals surface area contributed by atoms with Gasteiger partial charge in [0, 0.05) is 23.5 Å². The van der Waals surface area contributed by atoms with Gasteiger partial charge in [-0.1, -0.05) is 40.7 Å². The standard InChI is InChI=1S/C21H29N5O2/c1-13(2)16-12-28-20(27)26(16)18-9-10-22-19(25-18)24-14(3)15-7-8-17(23-11-15)21(4,5)6/h7-11,13-14,16H,12H2,1-6H3,(H,22,24,25). The maximum Gasteiger partial charge on any atom is 0.415 e. The zero-order chi connectivity index (χ0) is 20.5. The van der Waals surface area contributed by atoms with E-state index in [9.17, 15) is 4.79 Å². The number of cyclic esters (lactones) is 1. The van der Waals surface area contributed by atoms with Gasteiger partial charge >= 0.3 is 6.09 Å². The van der Waals surface area contributed by atoms with Crippen LogP contribution in [0.15, 0.2) is 30.6 Å². The average molecular weight is 383 g/mol. The highest BCUT2D eigenvalue weighted by Gasteiger charge is 2.37. The number of pyridine rings is 1. The third kappa shape index (κ3) is 4.24. The van der Waals surface area contributed by atoms with Crippen molar-refractivity contribution in [3.8, 4) is 0 Å². The summed E-state index contributed by atoms with van der Waals surface area (Å²) in [6.07, 6.45) is 3.18. The van der Waals surface area contributed by atoms with Gasteiger partial charge in [0.05, 0.1) is 12.1 Å². The van der Waals surface area contributed by atoms with Crippen molar-refractivity contribution in [2.24, 2.45) is 5.92 Å². The number of nitrogens with zero attached hydrogens (tertiary/aromatic N) is 4. The number of anilines is 2. The quantitative estimate of drug-likeness (QED) is 0.828. The van der Waals surface area contributed by atoms with Crippen molar-refractivity contribution < 1.29 is 9.53 Å². The minimum absolute atomic E-state index is 0.0178. The molecule has 0 aromatic carbocycles. The second-order valence-electron chi connectivity index (χ2n) is 8.59. The fraction of sp³-hybridized carbons (Fsp3) is 0.524. The van der Waals surface area contributed by atoms with Crippen molar-refractivity contribution in [1.82, 2.24) is 15.0 Å². The molecule has 0 saturated carbocycles. The van der Waals surface area contributed by atoms with Gasteiger partial charge in [-0.2, -0.15) is 4.98 Å². The summed E-state index contributed by atoms with van der Waals surface area (Å²) >= 11 is 0. The van der Waals surface area contributed by atoms with Gasteiger partial charge in [-0.3, -0.25) is 9.88 Å². The Morgan fingerprint density at radius 3 is 2.54 bits per heavy atom. The van der Waals surface area contributed by atoms with Gasteiger partial charge in [0.2, 0.25) is 5.95 Å². The summed E-state index contributed by atoms with van der Waals surface area (Å²) in [6, 6.07) is 5.81. The summed E-state index contributed by atoms with van der Waals surface area (Å²) in [4.78, 5) is 27.2. The molecule has 2 atom stereocenters. The van der Waals surface area contributed by atoms with E-state index in [2.05, 4.69) is 67.0 Å². The molecule has 0 aliphatic carbocycles. The molecule has 28 heavy (non-hydrogen) atoms. The molecule has 1 saturated heterocycles. The Bertz CT molecular complexity index is 829. The normalized spacial score (nSPS) is 18.3. The van der Waals surface area contributed by atoms with Gasteiger partial charge < -0.3 is 10.1 Å². The molecule has 0 radical (unpaired) electrons. The molecule has 0 bridgehead atoms. The number of amides is 1. The lowest BCUT2D eigenvalue weighted by Crippen LogP contribution is -2.37. The van der Waals surface area contributed by atoms with Crippen molar-refractivity contribution in [1.29, 1.82) is 0 Å². The van der Waals surface area contributed by atoms with E-state index < -0.39 is 0 Å². The number of hydrogen-bond acceptors (Lipinski definition) is 6. The van der Waals surface area contributed by atoms with E-state index in [1.165, 1.54) is 0 Å². The predicted octanol–water partition coefficient (Wildman–Crippen LogP) is 4.32. The molecule has 1 aliphatic heterocycles. The van der Waals surface area contributed by atoms with Gasteiger partial charge in [-0.25, -0.2) is 9.78 Å². The number of ether oxygens (including phenoxy) is 1. The molecule has 0 spiro atoms. The molecule has 3 heterocycles. The zero-order valence-corrected chi connectivity index (χ0v) is 17.4. The van der Waals surface area contributed by atoms with Crippen molar-refractivity contribution in [3.05, 3.63) is 41.9 Å². The number of rotatable bonds is 5. The second-order valence-corrected chi connectivity index (χ2v) is 8.59. The minimum Gasteiger partial charge on any atom is -0.447 e. The first-order valence-corrected chi connectivity index (χ1v) is 9.69. The Morgan fingerprint density at radius 2 is 1.93 bits per heavy atom. The molecule has 1 fully saturated rings. The Labute approximate surface area is 166 Å². The van der Waals surface area contributed by atoms with Crippen LogP contribution in [-0.2, 0) is 10.2 Å². The third-order valence-electron chi connectivity index (χ3n) is 4.96. The first kappa shape index (κ1) is 20.0. The molecule has 1 amide bonds. The highest BCUT2D eigenvalue weighted by atomic mass is 16.6. The molecule has 2 unspecified atom stereocenters. The number of carbonyl (C=O) groups excluding carboxylic acids is 1. The summed E-state index contributed by atoms with van der Waals surface area (Å²) in [5, 5.41) is 3.30. The predicted molar refractivity (Wildman–Crippen MR) is 109 cm³/mol. The summed E-state index contributed by atoms with van der Waals surface area (Å²) < 4.78 is 5.22. The topological polar surface area (TPSA) is 80.2 Å². The van der Waals surface area contributed by atoms with E-state index in [1.807, 2.05) is 13.1 Å². The van der Waals surface area contributed by atoms with E-state index in [0.29, 0.717) is 18.4 Å². The van der Waals surface area contributed by atoms with E-state index in [0.717, 1.165) is 11.3 Å². The van der Waals surface area contributed by atoms with Gasteiger partial charge in [-0.05, 0) is 30.5 Å². The van der Waals surface area contributed by atoms with Crippen LogP contribution in [0.1, 0.15) is 58.8 Å². The zero-order valence-electron chi connectivity index (χ0n) is 17.4. The van der Waals surface area contributed by atoms with Gasteiger partial charge in [-0.15, -0.1) is 0 Å². The molecule has 2 aromatic rings. The largest absolute Gasteiger partial charge is 0.447 e. The first-order chi connectivity index (χ1) is 13.2. The van der Waals surface area contributed by atoms with Gasteiger partial charge in [0.25, 0.3) is 0 Å². The van der Waals surface area contributed by atoms with Crippen LogP contribution < -0.4 is 10.2 Å². The van der Waals surface area contributed by atoms with Crippen LogP contribution in [0, 0.1) is 5.92 Å². The second kappa shape index (κ2) is 7.73. The lowest BCUT2D eigenvalue weighted by molar-refractivity contribution is 0.177. The van der Waals surface area contributed by atoms with Crippen LogP contribution in [0.2, 0.25) is 0 Å². The van der Waals surface area contributed by atoms with E-state index in [4.69, 9.17) is 4.74 Å². The Morgan fingerprint density at radius 1 is 1.18 bits per heavy atom. The minimum atomic E-state index is -0.363. The average Bonchev–Trinajstić information content (AvgIpc) is 3.03. The summed E-state index contributed by atoms with van der Waals surface area (Å²) in [5.41, 5.74) is 2.11. The molecule has 2 aromatic heterocycles. The smallest absolute Gasteiger partial charge is 0.415 e. The lowest BCUT2D eigenvalue weighted by atomic mass is 9.91. The third-order valence-corrected chi connectivity index (χ3v) is 4.96. The van der Waals surface area contributed by atoms with Gasteiger partial charge in [0.1, 0.15) is 12.4 Å². The fourth-order valence-electron chi connectivity index (χ4n) is 3.13. The van der Waals surface area contributed by atoms with Crippen LogP contribution in [0.3, 0.4) is 0 Å². The summed E-state index contributed by atoms with van der Waals surface area (Å²) in [6.45, 7) is 13.0. The molecule has 150 valence electrons. The SMILES string of the molecule is CC(Nc1nccc(N2C(=O)OCC2C(C)C)n1)c1ccc(C(C)(C)C)nc1. The van der Waals surface area contributed by atoms with Gasteiger partial charge in [0.15, 0.2) is 0 Å². The molecular weight excluding hydrogens is 354 g/mol. The van der Waals surface area contributed by atoms with Crippen LogP contribution in [0.5, 0.6) is 0 Å². The van der Waals surface area contributed by atoms with Crippen molar-refractivity contribution in [2.45, 2.75) is 59.0 Å². The van der Waals surface area contributed by atoms with Crippen LogP contribution in [0.4, 0.5) is 16.6 Å². The van der Waals surface area contributed by atoms with Crippen LogP contribution in [-0.4, -0.2) is 33.7 Å². The molecule has 1 N–H and O–H groups in total. The highest BCUT2D eigenvalue weighted by molar-refractivity contribution is 5.89. The first-order valence-electron chi connectivity index (χ1n) is 9.69. The summed E-state index contributed by atoms with van der Waals surface area (Å²) in [5.74, 6) is 1.28. The Balaban J connectivity index is 1.76. The Kier molecular flexibility index (Phi) is 5.54.